The molecule has 0 aliphatic heterocycles. The second-order valence-electron chi connectivity index (χ2n) is 2.77. The van der Waals surface area contributed by atoms with Gasteiger partial charge in [0.1, 0.15) is 11.9 Å². The van der Waals surface area contributed by atoms with Crippen LogP contribution in [-0.4, -0.2) is 30.6 Å². The van der Waals surface area contributed by atoms with Gasteiger partial charge in [-0.25, -0.2) is 4.98 Å². The number of nitrogens with zero attached hydrogens (tertiary/aromatic N) is 1. The van der Waals surface area contributed by atoms with Crippen molar-refractivity contribution in [2.45, 2.75) is 6.04 Å². The fourth-order valence-corrected chi connectivity index (χ4v) is 0.911. The van der Waals surface area contributed by atoms with Gasteiger partial charge in [-0.05, 0) is 12.1 Å². The van der Waals surface area contributed by atoms with Crippen LogP contribution in [0.1, 0.15) is 0 Å². The minimum absolute atomic E-state index is 0.193. The summed E-state index contributed by atoms with van der Waals surface area (Å²) in [6, 6.07) is 4.58. The first-order valence-electron chi connectivity index (χ1n) is 4.20. The van der Waals surface area contributed by atoms with Crippen LogP contribution in [0.5, 0.6) is 0 Å². The molecule has 1 aromatic rings. The molecular weight excluding hydrogens is 182 g/mol. The highest BCUT2D eigenvalue weighted by Gasteiger charge is 2.12. The summed E-state index contributed by atoms with van der Waals surface area (Å²) >= 11 is 0. The molecule has 0 saturated heterocycles. The Hall–Kier alpha value is -1.46. The zero-order valence-electron chi connectivity index (χ0n) is 7.93. The van der Waals surface area contributed by atoms with Gasteiger partial charge in [0.25, 0.3) is 0 Å². The van der Waals surface area contributed by atoms with Crippen molar-refractivity contribution in [1.82, 2.24) is 4.98 Å². The normalized spacial score (nSPS) is 12.1. The van der Waals surface area contributed by atoms with Gasteiger partial charge in [0, 0.05) is 13.3 Å². The van der Waals surface area contributed by atoms with Crippen molar-refractivity contribution in [3.63, 3.8) is 0 Å². The average Bonchev–Trinajstić information content (AvgIpc) is 2.19. The number of amides is 1. The Bertz CT molecular complexity index is 289. The van der Waals surface area contributed by atoms with E-state index in [1.54, 1.807) is 24.4 Å². The number of nitrogens with two attached hydrogens (primary N) is 1. The van der Waals surface area contributed by atoms with E-state index in [9.17, 15) is 4.79 Å². The molecule has 0 radical (unpaired) electrons. The Kier molecular flexibility index (Phi) is 4.03. The number of pyridine rings is 1. The van der Waals surface area contributed by atoms with E-state index in [-0.39, 0.29) is 12.5 Å². The van der Waals surface area contributed by atoms with Gasteiger partial charge in [0.05, 0.1) is 6.61 Å². The molecule has 0 aromatic carbocycles. The molecule has 1 unspecified atom stereocenters. The molecule has 0 aliphatic rings. The van der Waals surface area contributed by atoms with E-state index in [2.05, 4.69) is 10.3 Å². The number of rotatable bonds is 4. The lowest BCUT2D eigenvalue weighted by Crippen LogP contribution is -2.39. The van der Waals surface area contributed by atoms with Crippen LogP contribution in [0.2, 0.25) is 0 Å². The number of methoxy groups -OCH3 is 1. The third-order valence-electron chi connectivity index (χ3n) is 1.60. The SMILES string of the molecule is COCC(N)C(=O)Nc1ccccn1. The standard InChI is InChI=1S/C9H13N3O2/c1-14-6-7(10)9(13)12-8-4-2-3-5-11-8/h2-5,7H,6,10H2,1H3,(H,11,12,13). The monoisotopic (exact) mass is 195 g/mol. The molecule has 0 aliphatic carbocycles. The lowest BCUT2D eigenvalue weighted by molar-refractivity contribution is -0.118. The van der Waals surface area contributed by atoms with Crippen LogP contribution in [0.3, 0.4) is 0 Å². The highest BCUT2D eigenvalue weighted by molar-refractivity contribution is 5.93. The number of carbonyl (C=O) groups is 1. The summed E-state index contributed by atoms with van der Waals surface area (Å²) in [7, 11) is 1.49. The van der Waals surface area contributed by atoms with Gasteiger partial charge in [-0.2, -0.15) is 0 Å². The number of carbonyl (C=O) groups excluding carboxylic acids is 1. The number of ether oxygens (including phenoxy) is 1. The Morgan fingerprint density at radius 2 is 2.50 bits per heavy atom. The van der Waals surface area contributed by atoms with Crippen LogP contribution in [0.4, 0.5) is 5.82 Å². The quantitative estimate of drug-likeness (QED) is 0.708. The number of nitrogens with one attached hydrogen (secondary N) is 1. The summed E-state index contributed by atoms with van der Waals surface area (Å²) in [4.78, 5) is 15.3. The van der Waals surface area contributed by atoms with Gasteiger partial charge in [-0.3, -0.25) is 4.79 Å². The smallest absolute Gasteiger partial charge is 0.244 e. The summed E-state index contributed by atoms with van der Waals surface area (Å²) in [5.41, 5.74) is 5.51. The molecule has 5 heteroatoms. The van der Waals surface area contributed by atoms with Crippen LogP contribution in [-0.2, 0) is 9.53 Å². The van der Waals surface area contributed by atoms with Gasteiger partial charge in [0.2, 0.25) is 5.91 Å². The van der Waals surface area contributed by atoms with E-state index in [1.165, 1.54) is 7.11 Å². The molecule has 1 rings (SSSR count). The maximum absolute atomic E-state index is 11.3. The maximum atomic E-state index is 11.3. The molecule has 5 nitrogen and oxygen atoms in total. The summed E-state index contributed by atoms with van der Waals surface area (Å²) in [5, 5.41) is 2.57. The lowest BCUT2D eigenvalue weighted by atomic mass is 10.3. The number of aromatic nitrogens is 1. The first-order valence-corrected chi connectivity index (χ1v) is 4.20. The van der Waals surface area contributed by atoms with Crippen LogP contribution >= 0.6 is 0 Å². The third kappa shape index (κ3) is 3.12. The predicted molar refractivity (Wildman–Crippen MR) is 52.7 cm³/mol. The Balaban J connectivity index is 2.49. The van der Waals surface area contributed by atoms with Crippen LogP contribution in [0.25, 0.3) is 0 Å². The van der Waals surface area contributed by atoms with Crippen molar-refractivity contribution >= 4 is 11.7 Å². The average molecular weight is 195 g/mol. The number of anilines is 1. The van der Waals surface area contributed by atoms with Crippen molar-refractivity contribution in [1.29, 1.82) is 0 Å². The summed E-state index contributed by atoms with van der Waals surface area (Å²) in [6.07, 6.45) is 1.59. The van der Waals surface area contributed by atoms with Crippen molar-refractivity contribution in [3.8, 4) is 0 Å². The van der Waals surface area contributed by atoms with Gasteiger partial charge in [0.15, 0.2) is 0 Å². The van der Waals surface area contributed by atoms with E-state index in [1.807, 2.05) is 0 Å². The van der Waals surface area contributed by atoms with E-state index < -0.39 is 6.04 Å². The second-order valence-corrected chi connectivity index (χ2v) is 2.77. The van der Waals surface area contributed by atoms with Crippen LogP contribution in [0, 0.1) is 0 Å². The molecule has 1 aromatic heterocycles. The largest absolute Gasteiger partial charge is 0.383 e. The minimum Gasteiger partial charge on any atom is -0.383 e. The molecule has 76 valence electrons. The molecule has 3 N–H and O–H groups in total. The second kappa shape index (κ2) is 5.31. The van der Waals surface area contributed by atoms with Crippen LogP contribution < -0.4 is 11.1 Å². The zero-order chi connectivity index (χ0) is 10.4. The van der Waals surface area contributed by atoms with E-state index in [4.69, 9.17) is 10.5 Å². The number of hydrogen-bond donors (Lipinski definition) is 2. The first kappa shape index (κ1) is 10.6. The van der Waals surface area contributed by atoms with E-state index in [0.717, 1.165) is 0 Å². The zero-order valence-corrected chi connectivity index (χ0v) is 7.93. The highest BCUT2D eigenvalue weighted by Crippen LogP contribution is 2.00. The summed E-state index contributed by atoms with van der Waals surface area (Å²) < 4.78 is 4.76. The maximum Gasteiger partial charge on any atom is 0.244 e. The Labute approximate surface area is 82.3 Å². The van der Waals surface area contributed by atoms with Crippen molar-refractivity contribution in [2.75, 3.05) is 19.0 Å². The van der Waals surface area contributed by atoms with Crippen LogP contribution in [0.15, 0.2) is 24.4 Å². The van der Waals surface area contributed by atoms with Gasteiger partial charge >= 0.3 is 0 Å². The number of hydrogen-bond acceptors (Lipinski definition) is 4. The Morgan fingerprint density at radius 3 is 3.07 bits per heavy atom. The molecule has 1 heterocycles. The topological polar surface area (TPSA) is 77.2 Å². The predicted octanol–water partition coefficient (Wildman–Crippen LogP) is -0.00620. The molecule has 0 saturated carbocycles. The van der Waals surface area contributed by atoms with Crippen molar-refractivity contribution < 1.29 is 9.53 Å². The molecule has 1 atom stereocenters. The van der Waals surface area contributed by atoms with Gasteiger partial charge in [-0.1, -0.05) is 6.07 Å². The molecule has 0 spiro atoms. The van der Waals surface area contributed by atoms with Gasteiger partial charge < -0.3 is 15.8 Å². The Morgan fingerprint density at radius 1 is 1.71 bits per heavy atom. The van der Waals surface area contributed by atoms with Crippen molar-refractivity contribution in [2.24, 2.45) is 5.73 Å². The fraction of sp³-hybridized carbons (Fsp3) is 0.333. The fourth-order valence-electron chi connectivity index (χ4n) is 0.911. The van der Waals surface area contributed by atoms with Gasteiger partial charge in [-0.15, -0.1) is 0 Å². The van der Waals surface area contributed by atoms with E-state index >= 15 is 0 Å². The summed E-state index contributed by atoms with van der Waals surface area (Å²) in [6.45, 7) is 0.193. The highest BCUT2D eigenvalue weighted by atomic mass is 16.5. The first-order chi connectivity index (χ1) is 6.74. The molecule has 14 heavy (non-hydrogen) atoms. The third-order valence-corrected chi connectivity index (χ3v) is 1.60. The molecule has 0 bridgehead atoms. The lowest BCUT2D eigenvalue weighted by Gasteiger charge is -2.09. The molecular formula is C9H13N3O2. The van der Waals surface area contributed by atoms with E-state index in [0.29, 0.717) is 5.82 Å². The molecule has 1 amide bonds. The van der Waals surface area contributed by atoms with Crippen molar-refractivity contribution in [3.05, 3.63) is 24.4 Å². The summed E-state index contributed by atoms with van der Waals surface area (Å²) in [5.74, 6) is 0.189. The molecule has 0 fully saturated rings. The minimum atomic E-state index is -0.665.